The third kappa shape index (κ3) is 2.15. The second kappa shape index (κ2) is 5.01. The van der Waals surface area contributed by atoms with Gasteiger partial charge >= 0.3 is 0 Å². The number of rotatable bonds is 2. The molecule has 0 spiro atoms. The minimum atomic E-state index is 0.540. The molecule has 1 heteroatoms. The molecular weight excluding hydrogens is 194 g/mol. The normalized spacial score (nSPS) is 29.6. The fourth-order valence-corrected chi connectivity index (χ4v) is 2.84. The van der Waals surface area contributed by atoms with Gasteiger partial charge < -0.3 is 5.32 Å². The van der Waals surface area contributed by atoms with Gasteiger partial charge in [-0.1, -0.05) is 45.0 Å². The predicted molar refractivity (Wildman–Crippen MR) is 69.5 cm³/mol. The number of fused-ring (bicyclic) bond motifs is 1. The molecule has 0 fully saturated rings. The van der Waals surface area contributed by atoms with Crippen molar-refractivity contribution in [3.05, 3.63) is 35.4 Å². The van der Waals surface area contributed by atoms with Crippen LogP contribution in [-0.2, 0) is 6.42 Å². The Bertz CT molecular complexity index is 345. The van der Waals surface area contributed by atoms with Crippen molar-refractivity contribution in [1.29, 1.82) is 0 Å². The molecule has 0 saturated heterocycles. The number of hydrogen-bond donors (Lipinski definition) is 1. The summed E-state index contributed by atoms with van der Waals surface area (Å²) in [5, 5.41) is 3.66. The molecule has 16 heavy (non-hydrogen) atoms. The van der Waals surface area contributed by atoms with Crippen molar-refractivity contribution in [2.24, 2.45) is 11.8 Å². The van der Waals surface area contributed by atoms with Crippen LogP contribution in [0, 0.1) is 11.8 Å². The fraction of sp³-hybridized carbons (Fsp3) is 0.600. The van der Waals surface area contributed by atoms with E-state index in [4.69, 9.17) is 0 Å². The van der Waals surface area contributed by atoms with E-state index in [1.807, 2.05) is 0 Å². The molecule has 1 aliphatic carbocycles. The standard InChI is InChI=1S/C15H23N/c1-4-16-15-12(3)11(2)9-10-13-7-5-6-8-14(13)15/h5-8,11-12,15-16H,4,9-10H2,1-3H3. The van der Waals surface area contributed by atoms with Gasteiger partial charge in [0.05, 0.1) is 0 Å². The second-order valence-corrected chi connectivity index (χ2v) is 5.11. The van der Waals surface area contributed by atoms with Gasteiger partial charge in [0.25, 0.3) is 0 Å². The van der Waals surface area contributed by atoms with Gasteiger partial charge in [0, 0.05) is 6.04 Å². The van der Waals surface area contributed by atoms with Crippen molar-refractivity contribution < 1.29 is 0 Å². The first-order valence-corrected chi connectivity index (χ1v) is 6.55. The lowest BCUT2D eigenvalue weighted by molar-refractivity contribution is 0.289. The Labute approximate surface area is 99.3 Å². The zero-order valence-corrected chi connectivity index (χ0v) is 10.7. The molecule has 0 saturated carbocycles. The average Bonchev–Trinajstić information content (AvgIpc) is 2.42. The minimum absolute atomic E-state index is 0.540. The minimum Gasteiger partial charge on any atom is -0.310 e. The highest BCUT2D eigenvalue weighted by atomic mass is 14.9. The molecule has 1 N–H and O–H groups in total. The first-order valence-electron chi connectivity index (χ1n) is 6.55. The van der Waals surface area contributed by atoms with Crippen molar-refractivity contribution in [2.45, 2.75) is 39.7 Å². The van der Waals surface area contributed by atoms with Gasteiger partial charge in [0.2, 0.25) is 0 Å². The highest BCUT2D eigenvalue weighted by molar-refractivity contribution is 5.32. The van der Waals surface area contributed by atoms with E-state index in [0.717, 1.165) is 18.4 Å². The zero-order valence-electron chi connectivity index (χ0n) is 10.7. The molecule has 2 rings (SSSR count). The molecule has 0 bridgehead atoms. The van der Waals surface area contributed by atoms with Crippen LogP contribution in [0.25, 0.3) is 0 Å². The topological polar surface area (TPSA) is 12.0 Å². The van der Waals surface area contributed by atoms with Crippen LogP contribution >= 0.6 is 0 Å². The van der Waals surface area contributed by atoms with Crippen LogP contribution in [-0.4, -0.2) is 6.54 Å². The molecule has 88 valence electrons. The van der Waals surface area contributed by atoms with Gasteiger partial charge in [0.15, 0.2) is 0 Å². The second-order valence-electron chi connectivity index (χ2n) is 5.11. The molecule has 3 unspecified atom stereocenters. The Morgan fingerprint density at radius 2 is 2.00 bits per heavy atom. The predicted octanol–water partition coefficient (Wildman–Crippen LogP) is 3.56. The Kier molecular flexibility index (Phi) is 3.65. The highest BCUT2D eigenvalue weighted by Crippen LogP contribution is 2.36. The van der Waals surface area contributed by atoms with Gasteiger partial charge in [0.1, 0.15) is 0 Å². The van der Waals surface area contributed by atoms with Gasteiger partial charge in [-0.3, -0.25) is 0 Å². The Morgan fingerprint density at radius 1 is 1.25 bits per heavy atom. The molecular formula is C15H23N. The summed E-state index contributed by atoms with van der Waals surface area (Å²) in [7, 11) is 0. The molecule has 1 nitrogen and oxygen atoms in total. The van der Waals surface area contributed by atoms with Gasteiger partial charge in [-0.2, -0.15) is 0 Å². The van der Waals surface area contributed by atoms with Gasteiger partial charge in [-0.25, -0.2) is 0 Å². The lowest BCUT2D eigenvalue weighted by atomic mass is 9.86. The fourth-order valence-electron chi connectivity index (χ4n) is 2.84. The monoisotopic (exact) mass is 217 g/mol. The Balaban J connectivity index is 2.37. The van der Waals surface area contributed by atoms with Crippen LogP contribution in [0.4, 0.5) is 0 Å². The first kappa shape index (κ1) is 11.7. The van der Waals surface area contributed by atoms with Gasteiger partial charge in [-0.05, 0) is 42.3 Å². The van der Waals surface area contributed by atoms with E-state index >= 15 is 0 Å². The summed E-state index contributed by atoms with van der Waals surface area (Å²) in [6.07, 6.45) is 2.56. The molecule has 0 aliphatic heterocycles. The van der Waals surface area contributed by atoms with E-state index in [2.05, 4.69) is 50.4 Å². The summed E-state index contributed by atoms with van der Waals surface area (Å²) < 4.78 is 0. The van der Waals surface area contributed by atoms with Crippen LogP contribution < -0.4 is 5.32 Å². The summed E-state index contributed by atoms with van der Waals surface area (Å²) in [5.41, 5.74) is 3.07. The third-order valence-electron chi connectivity index (χ3n) is 4.11. The van der Waals surface area contributed by atoms with E-state index in [0.29, 0.717) is 6.04 Å². The smallest absolute Gasteiger partial charge is 0.0351 e. The maximum Gasteiger partial charge on any atom is 0.0351 e. The van der Waals surface area contributed by atoms with E-state index in [1.54, 1.807) is 5.56 Å². The van der Waals surface area contributed by atoms with Crippen molar-refractivity contribution >= 4 is 0 Å². The molecule has 1 aliphatic rings. The zero-order chi connectivity index (χ0) is 11.5. The van der Waals surface area contributed by atoms with Crippen LogP contribution in [0.2, 0.25) is 0 Å². The molecule has 0 radical (unpaired) electrons. The average molecular weight is 217 g/mol. The van der Waals surface area contributed by atoms with Crippen LogP contribution in [0.15, 0.2) is 24.3 Å². The summed E-state index contributed by atoms with van der Waals surface area (Å²) in [6, 6.07) is 9.48. The lowest BCUT2D eigenvalue weighted by Gasteiger charge is -2.28. The largest absolute Gasteiger partial charge is 0.310 e. The molecule has 1 aromatic rings. The SMILES string of the molecule is CCNC1c2ccccc2CCC(C)C1C. The van der Waals surface area contributed by atoms with E-state index in [9.17, 15) is 0 Å². The summed E-state index contributed by atoms with van der Waals surface area (Å²) >= 11 is 0. The Hall–Kier alpha value is -0.820. The Morgan fingerprint density at radius 3 is 2.75 bits per heavy atom. The number of hydrogen-bond acceptors (Lipinski definition) is 1. The molecule has 3 atom stereocenters. The maximum atomic E-state index is 3.66. The van der Waals surface area contributed by atoms with Crippen molar-refractivity contribution in [3.8, 4) is 0 Å². The van der Waals surface area contributed by atoms with Crippen molar-refractivity contribution in [1.82, 2.24) is 5.32 Å². The number of nitrogens with one attached hydrogen (secondary N) is 1. The van der Waals surface area contributed by atoms with Crippen LogP contribution in [0.3, 0.4) is 0 Å². The highest BCUT2D eigenvalue weighted by Gasteiger charge is 2.28. The van der Waals surface area contributed by atoms with Crippen molar-refractivity contribution in [3.63, 3.8) is 0 Å². The first-order chi connectivity index (χ1) is 7.74. The summed E-state index contributed by atoms with van der Waals surface area (Å²) in [5.74, 6) is 1.53. The molecule has 0 aromatic heterocycles. The third-order valence-corrected chi connectivity index (χ3v) is 4.11. The summed E-state index contributed by atoms with van der Waals surface area (Å²) in [4.78, 5) is 0. The quantitative estimate of drug-likeness (QED) is 0.747. The number of aryl methyl sites for hydroxylation is 1. The molecule has 0 amide bonds. The lowest BCUT2D eigenvalue weighted by Crippen LogP contribution is -2.29. The number of benzene rings is 1. The van der Waals surface area contributed by atoms with Crippen LogP contribution in [0.1, 0.15) is 44.4 Å². The van der Waals surface area contributed by atoms with Crippen molar-refractivity contribution in [2.75, 3.05) is 6.54 Å². The van der Waals surface area contributed by atoms with E-state index < -0.39 is 0 Å². The molecule has 0 heterocycles. The maximum absolute atomic E-state index is 3.66. The molecule has 1 aromatic carbocycles. The van der Waals surface area contributed by atoms with Gasteiger partial charge in [-0.15, -0.1) is 0 Å². The summed E-state index contributed by atoms with van der Waals surface area (Å²) in [6.45, 7) is 8.03. The van der Waals surface area contributed by atoms with Crippen LogP contribution in [0.5, 0.6) is 0 Å². The van der Waals surface area contributed by atoms with E-state index in [1.165, 1.54) is 18.4 Å². The van der Waals surface area contributed by atoms with E-state index in [-0.39, 0.29) is 0 Å².